The van der Waals surface area contributed by atoms with Crippen molar-refractivity contribution in [3.63, 3.8) is 0 Å². The molecule has 0 bridgehead atoms. The summed E-state index contributed by atoms with van der Waals surface area (Å²) in [5.74, 6) is 0.393. The van der Waals surface area contributed by atoms with Crippen molar-refractivity contribution in [1.82, 2.24) is 20.0 Å². The fourth-order valence-corrected chi connectivity index (χ4v) is 2.39. The average Bonchev–Trinajstić information content (AvgIpc) is 2.86. The van der Waals surface area contributed by atoms with E-state index in [9.17, 15) is 0 Å². The molecule has 6 heteroatoms. The van der Waals surface area contributed by atoms with Crippen molar-refractivity contribution < 1.29 is 0 Å². The zero-order valence-corrected chi connectivity index (χ0v) is 11.7. The van der Waals surface area contributed by atoms with Crippen molar-refractivity contribution >= 4 is 22.9 Å². The lowest BCUT2D eigenvalue weighted by molar-refractivity contribution is 0.577. The Balaban J connectivity index is 2.11. The second kappa shape index (κ2) is 4.74. The Bertz CT molecular complexity index is 498. The van der Waals surface area contributed by atoms with Crippen LogP contribution in [0.15, 0.2) is 11.6 Å². The number of rotatable bonds is 3. The highest BCUT2D eigenvalue weighted by Gasteiger charge is 2.18. The van der Waals surface area contributed by atoms with E-state index < -0.39 is 0 Å². The number of thiazole rings is 1. The second-order valence-electron chi connectivity index (χ2n) is 4.94. The van der Waals surface area contributed by atoms with Crippen LogP contribution in [0.5, 0.6) is 0 Å². The number of aromatic nitrogens is 4. The lowest BCUT2D eigenvalue weighted by atomic mass is 9.98. The Morgan fingerprint density at radius 2 is 2.12 bits per heavy atom. The van der Waals surface area contributed by atoms with Gasteiger partial charge in [0.25, 0.3) is 0 Å². The van der Waals surface area contributed by atoms with Gasteiger partial charge >= 0.3 is 0 Å². The standard InChI is InChI=1S/C11H15ClN4S/c1-11(2,3)10-13-9(7-17-10)6-16-5-8(4-12)14-15-16/h5,7H,4,6H2,1-3H3. The third-order valence-corrected chi connectivity index (χ3v) is 3.83. The zero-order valence-electron chi connectivity index (χ0n) is 10.1. The van der Waals surface area contributed by atoms with Gasteiger partial charge in [0, 0.05) is 10.8 Å². The molecule has 92 valence electrons. The average molecular weight is 271 g/mol. The van der Waals surface area contributed by atoms with Crippen molar-refractivity contribution in [2.24, 2.45) is 0 Å². The van der Waals surface area contributed by atoms with Crippen molar-refractivity contribution in [1.29, 1.82) is 0 Å². The molecule has 0 N–H and O–H groups in total. The molecule has 2 rings (SSSR count). The quantitative estimate of drug-likeness (QED) is 0.806. The Hall–Kier alpha value is -0.940. The fraction of sp³-hybridized carbons (Fsp3) is 0.545. The minimum absolute atomic E-state index is 0.104. The summed E-state index contributed by atoms with van der Waals surface area (Å²) in [6.45, 7) is 7.14. The Kier molecular flexibility index (Phi) is 3.49. The highest BCUT2D eigenvalue weighted by atomic mass is 35.5. The van der Waals surface area contributed by atoms with Gasteiger partial charge in [-0.3, -0.25) is 0 Å². The van der Waals surface area contributed by atoms with Gasteiger partial charge < -0.3 is 0 Å². The van der Waals surface area contributed by atoms with Gasteiger partial charge in [-0.25, -0.2) is 9.67 Å². The molecular formula is C11H15ClN4S. The van der Waals surface area contributed by atoms with Crippen LogP contribution < -0.4 is 0 Å². The van der Waals surface area contributed by atoms with Gasteiger partial charge in [-0.2, -0.15) is 0 Å². The first-order valence-corrected chi connectivity index (χ1v) is 6.80. The van der Waals surface area contributed by atoms with E-state index in [1.165, 1.54) is 0 Å². The summed E-state index contributed by atoms with van der Waals surface area (Å²) in [5.41, 5.74) is 1.91. The molecule has 0 aliphatic heterocycles. The molecule has 0 radical (unpaired) electrons. The van der Waals surface area contributed by atoms with Gasteiger partial charge in [-0.05, 0) is 0 Å². The molecule has 0 atom stereocenters. The van der Waals surface area contributed by atoms with Crippen molar-refractivity contribution in [2.45, 2.75) is 38.6 Å². The predicted molar refractivity (Wildman–Crippen MR) is 69.5 cm³/mol. The number of halogens is 1. The van der Waals surface area contributed by atoms with Crippen LogP contribution in [-0.4, -0.2) is 20.0 Å². The lowest BCUT2D eigenvalue weighted by Gasteiger charge is -2.13. The van der Waals surface area contributed by atoms with Gasteiger partial charge in [0.2, 0.25) is 0 Å². The third kappa shape index (κ3) is 3.04. The molecule has 0 amide bonds. The van der Waals surface area contributed by atoms with Crippen LogP contribution in [0.2, 0.25) is 0 Å². The molecule has 0 spiro atoms. The highest BCUT2D eigenvalue weighted by molar-refractivity contribution is 7.09. The van der Waals surface area contributed by atoms with Crippen LogP contribution in [0.3, 0.4) is 0 Å². The minimum Gasteiger partial charge on any atom is -0.246 e. The number of alkyl halides is 1. The minimum atomic E-state index is 0.104. The monoisotopic (exact) mass is 270 g/mol. The summed E-state index contributed by atoms with van der Waals surface area (Å²) in [6.07, 6.45) is 1.85. The number of nitrogens with zero attached hydrogens (tertiary/aromatic N) is 4. The maximum absolute atomic E-state index is 5.68. The molecule has 0 saturated carbocycles. The molecular weight excluding hydrogens is 256 g/mol. The topological polar surface area (TPSA) is 43.6 Å². The molecule has 0 saturated heterocycles. The van der Waals surface area contributed by atoms with Crippen molar-refractivity contribution in [3.05, 3.63) is 28.0 Å². The van der Waals surface area contributed by atoms with E-state index in [1.807, 2.05) is 6.20 Å². The molecule has 2 aromatic rings. The Morgan fingerprint density at radius 3 is 2.65 bits per heavy atom. The van der Waals surface area contributed by atoms with Gasteiger partial charge in [-0.1, -0.05) is 26.0 Å². The molecule has 2 heterocycles. The number of hydrogen-bond donors (Lipinski definition) is 0. The van der Waals surface area contributed by atoms with E-state index >= 15 is 0 Å². The van der Waals surface area contributed by atoms with Crippen LogP contribution in [0, 0.1) is 0 Å². The molecule has 0 unspecified atom stereocenters. The van der Waals surface area contributed by atoms with E-state index in [0.717, 1.165) is 16.4 Å². The predicted octanol–water partition coefficient (Wildman–Crippen LogP) is 2.82. The molecule has 0 aliphatic rings. The number of hydrogen-bond acceptors (Lipinski definition) is 4. The van der Waals surface area contributed by atoms with E-state index in [-0.39, 0.29) is 5.41 Å². The maximum Gasteiger partial charge on any atom is 0.0982 e. The van der Waals surface area contributed by atoms with E-state index in [4.69, 9.17) is 11.6 Å². The largest absolute Gasteiger partial charge is 0.246 e. The first-order chi connectivity index (χ1) is 7.99. The van der Waals surface area contributed by atoms with Crippen LogP contribution in [0.25, 0.3) is 0 Å². The van der Waals surface area contributed by atoms with Gasteiger partial charge in [-0.15, -0.1) is 28.0 Å². The zero-order chi connectivity index (χ0) is 12.5. The first-order valence-electron chi connectivity index (χ1n) is 5.39. The lowest BCUT2D eigenvalue weighted by Crippen LogP contribution is -2.11. The molecule has 0 fully saturated rings. The first kappa shape index (κ1) is 12.5. The maximum atomic E-state index is 5.68. The summed E-state index contributed by atoms with van der Waals surface area (Å²) in [6, 6.07) is 0. The second-order valence-corrected chi connectivity index (χ2v) is 6.06. The van der Waals surface area contributed by atoms with Crippen LogP contribution >= 0.6 is 22.9 Å². The molecule has 0 aromatic carbocycles. The summed E-state index contributed by atoms with van der Waals surface area (Å²) in [4.78, 5) is 4.61. The Labute approximate surface area is 110 Å². The molecule has 4 nitrogen and oxygen atoms in total. The summed E-state index contributed by atoms with van der Waals surface area (Å²) in [7, 11) is 0. The molecule has 17 heavy (non-hydrogen) atoms. The highest BCUT2D eigenvalue weighted by Crippen LogP contribution is 2.25. The van der Waals surface area contributed by atoms with Gasteiger partial charge in [0.05, 0.1) is 35.0 Å². The van der Waals surface area contributed by atoms with Crippen LogP contribution in [0.1, 0.15) is 37.2 Å². The van der Waals surface area contributed by atoms with Crippen molar-refractivity contribution in [2.75, 3.05) is 0 Å². The smallest absolute Gasteiger partial charge is 0.0982 e. The summed E-state index contributed by atoms with van der Waals surface area (Å²) >= 11 is 7.37. The van der Waals surface area contributed by atoms with Crippen molar-refractivity contribution in [3.8, 4) is 0 Å². The van der Waals surface area contributed by atoms with Gasteiger partial charge in [0.1, 0.15) is 0 Å². The third-order valence-electron chi connectivity index (χ3n) is 2.24. The SMILES string of the molecule is CC(C)(C)c1nc(Cn2cc(CCl)nn2)cs1. The van der Waals surface area contributed by atoms with E-state index in [2.05, 4.69) is 41.4 Å². The van der Waals surface area contributed by atoms with E-state index in [1.54, 1.807) is 16.0 Å². The molecule has 2 aromatic heterocycles. The fourth-order valence-electron chi connectivity index (χ4n) is 1.37. The van der Waals surface area contributed by atoms with E-state index in [0.29, 0.717) is 12.4 Å². The normalized spacial score (nSPS) is 12.0. The summed E-state index contributed by atoms with van der Waals surface area (Å²) in [5, 5.41) is 11.2. The van der Waals surface area contributed by atoms with Gasteiger partial charge in [0.15, 0.2) is 0 Å². The summed E-state index contributed by atoms with van der Waals surface area (Å²) < 4.78 is 1.76. The molecule has 0 aliphatic carbocycles. The van der Waals surface area contributed by atoms with Crippen LogP contribution in [0.4, 0.5) is 0 Å². The van der Waals surface area contributed by atoms with Crippen LogP contribution in [-0.2, 0) is 17.8 Å². The Morgan fingerprint density at radius 1 is 1.35 bits per heavy atom.